The molecule has 0 aliphatic carbocycles. The number of nitrogens with zero attached hydrogens (tertiary/aromatic N) is 1. The van der Waals surface area contributed by atoms with Gasteiger partial charge in [-0.1, -0.05) is 0 Å². The van der Waals surface area contributed by atoms with Crippen molar-refractivity contribution < 1.29 is 23.1 Å². The van der Waals surface area contributed by atoms with Gasteiger partial charge in [0.15, 0.2) is 12.1 Å². The number of amides is 1. The lowest BCUT2D eigenvalue weighted by Gasteiger charge is -2.34. The second-order valence-electron chi connectivity index (χ2n) is 6.43. The Balaban J connectivity index is 1.46. The van der Waals surface area contributed by atoms with E-state index in [2.05, 4.69) is 0 Å². The highest BCUT2D eigenvalue weighted by Gasteiger charge is 2.33. The fraction of sp³-hybridized carbons (Fsp3) is 0.421. The Kier molecular flexibility index (Phi) is 4.55. The predicted octanol–water partition coefficient (Wildman–Crippen LogP) is 3.31. The maximum atomic E-state index is 13.0. The van der Waals surface area contributed by atoms with E-state index >= 15 is 0 Å². The van der Waals surface area contributed by atoms with Gasteiger partial charge in [-0.05, 0) is 49.2 Å². The maximum absolute atomic E-state index is 13.0. The Morgan fingerprint density at radius 2 is 1.84 bits per heavy atom. The zero-order valence-electron chi connectivity index (χ0n) is 13.8. The van der Waals surface area contributed by atoms with E-state index in [1.807, 2.05) is 0 Å². The number of carbonyl (C=O) groups excluding carboxylic acids is 1. The van der Waals surface area contributed by atoms with Crippen LogP contribution in [0.1, 0.15) is 23.4 Å². The number of hydrogen-bond acceptors (Lipinski definition) is 4. The molecule has 0 saturated carbocycles. The number of likely N-dealkylation sites (tertiary alicyclic amines) is 1. The highest BCUT2D eigenvalue weighted by atomic mass is 19.1. The van der Waals surface area contributed by atoms with Crippen LogP contribution < -0.4 is 0 Å². The molecule has 6 heteroatoms. The van der Waals surface area contributed by atoms with Gasteiger partial charge in [0.2, 0.25) is 0 Å². The lowest BCUT2D eigenvalue weighted by molar-refractivity contribution is -0.0970. The summed E-state index contributed by atoms with van der Waals surface area (Å²) in [5, 5.41) is 0. The number of furan rings is 1. The molecular formula is C19H20FNO4. The first-order chi connectivity index (χ1) is 12.2. The Morgan fingerprint density at radius 3 is 2.60 bits per heavy atom. The average molecular weight is 345 g/mol. The van der Waals surface area contributed by atoms with Crippen molar-refractivity contribution in [3.05, 3.63) is 48.0 Å². The number of carbonyl (C=O) groups is 1. The third-order valence-corrected chi connectivity index (χ3v) is 4.72. The number of hydrogen-bond donors (Lipinski definition) is 0. The molecule has 0 N–H and O–H groups in total. The third kappa shape index (κ3) is 3.45. The van der Waals surface area contributed by atoms with Gasteiger partial charge in [0.1, 0.15) is 11.6 Å². The average Bonchev–Trinajstić information content (AvgIpc) is 3.34. The Morgan fingerprint density at radius 1 is 1.08 bits per heavy atom. The molecule has 132 valence electrons. The minimum absolute atomic E-state index is 0.129. The van der Waals surface area contributed by atoms with E-state index in [0.29, 0.717) is 37.8 Å². The first-order valence-electron chi connectivity index (χ1n) is 8.59. The van der Waals surface area contributed by atoms with Crippen molar-refractivity contribution in [2.75, 3.05) is 26.3 Å². The van der Waals surface area contributed by atoms with E-state index in [-0.39, 0.29) is 23.9 Å². The normalized spacial score (nSPS) is 21.6. The molecule has 0 radical (unpaired) electrons. The topological polar surface area (TPSA) is 51.9 Å². The molecule has 1 amide bonds. The van der Waals surface area contributed by atoms with E-state index in [0.717, 1.165) is 18.4 Å². The number of halogens is 1. The maximum Gasteiger partial charge on any atom is 0.289 e. The van der Waals surface area contributed by atoms with Crippen LogP contribution in [0.4, 0.5) is 4.39 Å². The minimum atomic E-state index is -0.303. The van der Waals surface area contributed by atoms with Crippen LogP contribution in [0.15, 0.2) is 40.8 Å². The quantitative estimate of drug-likeness (QED) is 0.856. The lowest BCUT2D eigenvalue weighted by Crippen LogP contribution is -2.43. The Labute approximate surface area is 145 Å². The summed E-state index contributed by atoms with van der Waals surface area (Å²) in [6, 6.07) is 9.42. The second-order valence-corrected chi connectivity index (χ2v) is 6.43. The van der Waals surface area contributed by atoms with Crippen LogP contribution >= 0.6 is 0 Å². The molecule has 2 fully saturated rings. The van der Waals surface area contributed by atoms with Crippen LogP contribution in [0.2, 0.25) is 0 Å². The van der Waals surface area contributed by atoms with Crippen LogP contribution in [0.3, 0.4) is 0 Å². The van der Waals surface area contributed by atoms with E-state index < -0.39 is 0 Å². The molecule has 1 aromatic heterocycles. The van der Waals surface area contributed by atoms with Crippen molar-refractivity contribution in [2.24, 2.45) is 5.92 Å². The first kappa shape index (κ1) is 16.3. The lowest BCUT2D eigenvalue weighted by atomic mass is 9.97. The van der Waals surface area contributed by atoms with E-state index in [1.165, 1.54) is 12.1 Å². The molecule has 4 rings (SSSR count). The number of ether oxygens (including phenoxy) is 2. The van der Waals surface area contributed by atoms with Gasteiger partial charge in [-0.2, -0.15) is 0 Å². The molecule has 25 heavy (non-hydrogen) atoms. The first-order valence-corrected chi connectivity index (χ1v) is 8.59. The van der Waals surface area contributed by atoms with Gasteiger partial charge in [0, 0.05) is 24.6 Å². The zero-order valence-corrected chi connectivity index (χ0v) is 13.8. The molecule has 1 unspecified atom stereocenters. The largest absolute Gasteiger partial charge is 0.451 e. The highest BCUT2D eigenvalue weighted by Crippen LogP contribution is 2.27. The van der Waals surface area contributed by atoms with Gasteiger partial charge in [-0.25, -0.2) is 4.39 Å². The summed E-state index contributed by atoms with van der Waals surface area (Å²) < 4.78 is 29.9. The van der Waals surface area contributed by atoms with Crippen molar-refractivity contribution in [1.29, 1.82) is 0 Å². The molecule has 2 aliphatic rings. The minimum Gasteiger partial charge on any atom is -0.451 e. The molecule has 0 bridgehead atoms. The molecule has 3 heterocycles. The van der Waals surface area contributed by atoms with Gasteiger partial charge in [-0.3, -0.25) is 4.79 Å². The Bertz CT molecular complexity index is 736. The highest BCUT2D eigenvalue weighted by molar-refractivity contribution is 5.92. The summed E-state index contributed by atoms with van der Waals surface area (Å²) in [6.45, 7) is 2.55. The number of rotatable bonds is 3. The fourth-order valence-electron chi connectivity index (χ4n) is 3.44. The van der Waals surface area contributed by atoms with Crippen molar-refractivity contribution in [1.82, 2.24) is 4.90 Å². The summed E-state index contributed by atoms with van der Waals surface area (Å²) in [7, 11) is 0. The molecule has 2 saturated heterocycles. The fourth-order valence-corrected chi connectivity index (χ4v) is 3.44. The predicted molar refractivity (Wildman–Crippen MR) is 88.4 cm³/mol. The molecular weight excluding hydrogens is 325 g/mol. The van der Waals surface area contributed by atoms with Crippen LogP contribution in [0, 0.1) is 11.7 Å². The Hall–Kier alpha value is -2.18. The molecule has 5 nitrogen and oxygen atoms in total. The molecule has 1 atom stereocenters. The van der Waals surface area contributed by atoms with Crippen molar-refractivity contribution >= 4 is 5.91 Å². The second kappa shape index (κ2) is 6.98. The van der Waals surface area contributed by atoms with Crippen molar-refractivity contribution in [3.63, 3.8) is 0 Å². The van der Waals surface area contributed by atoms with Gasteiger partial charge in [0.25, 0.3) is 5.91 Å². The monoisotopic (exact) mass is 345 g/mol. The van der Waals surface area contributed by atoms with Gasteiger partial charge in [-0.15, -0.1) is 0 Å². The third-order valence-electron chi connectivity index (χ3n) is 4.72. The molecule has 2 aromatic rings. The van der Waals surface area contributed by atoms with Crippen LogP contribution in [0.5, 0.6) is 0 Å². The van der Waals surface area contributed by atoms with Gasteiger partial charge >= 0.3 is 0 Å². The molecule has 2 aliphatic heterocycles. The van der Waals surface area contributed by atoms with Crippen molar-refractivity contribution in [2.45, 2.75) is 19.1 Å². The summed E-state index contributed by atoms with van der Waals surface area (Å²) in [6.07, 6.45) is 1.71. The van der Waals surface area contributed by atoms with Gasteiger partial charge < -0.3 is 18.8 Å². The number of piperidine rings is 1. The summed E-state index contributed by atoms with van der Waals surface area (Å²) in [5.41, 5.74) is 0.740. The van der Waals surface area contributed by atoms with E-state index in [9.17, 15) is 9.18 Å². The SMILES string of the molecule is O=C(c1ccc(-c2ccc(F)cc2)o1)N1CCCC(C2OCCO2)C1. The van der Waals surface area contributed by atoms with Gasteiger partial charge in [0.05, 0.1) is 13.2 Å². The van der Waals surface area contributed by atoms with Crippen molar-refractivity contribution in [3.8, 4) is 11.3 Å². The van der Waals surface area contributed by atoms with E-state index in [1.54, 1.807) is 29.2 Å². The summed E-state index contributed by atoms with van der Waals surface area (Å²) >= 11 is 0. The standard InChI is InChI=1S/C19H20FNO4/c20-15-5-3-13(4-6-15)16-7-8-17(25-16)18(22)21-9-1-2-14(12-21)19-23-10-11-24-19/h3-8,14,19H,1-2,9-12H2. The zero-order chi connectivity index (χ0) is 17.2. The van der Waals surface area contributed by atoms with Crippen LogP contribution in [-0.2, 0) is 9.47 Å². The van der Waals surface area contributed by atoms with Crippen LogP contribution in [-0.4, -0.2) is 43.4 Å². The van der Waals surface area contributed by atoms with E-state index in [4.69, 9.17) is 13.9 Å². The van der Waals surface area contributed by atoms with Crippen LogP contribution in [0.25, 0.3) is 11.3 Å². The molecule has 0 spiro atoms. The summed E-state index contributed by atoms with van der Waals surface area (Å²) in [4.78, 5) is 14.5. The smallest absolute Gasteiger partial charge is 0.289 e. The summed E-state index contributed by atoms with van der Waals surface area (Å²) in [5.74, 6) is 0.623. The molecule has 1 aromatic carbocycles. The number of benzene rings is 1.